The number of ketones is 1. The van der Waals surface area contributed by atoms with Crippen LogP contribution in [0.1, 0.15) is 22.8 Å². The smallest absolute Gasteiger partial charge is 0.159 e. The minimum Gasteiger partial charge on any atom is -0.326 e. The van der Waals surface area contributed by atoms with Crippen LogP contribution < -0.4 is 5.73 Å². The van der Waals surface area contributed by atoms with Crippen molar-refractivity contribution >= 4 is 5.78 Å². The fraction of sp³-hybridized carbons (Fsp3) is 0.133. The van der Waals surface area contributed by atoms with E-state index in [1.165, 1.54) is 0 Å². The fourth-order valence-corrected chi connectivity index (χ4v) is 1.75. The van der Waals surface area contributed by atoms with Gasteiger partial charge < -0.3 is 5.73 Å². The van der Waals surface area contributed by atoms with Crippen LogP contribution in [-0.2, 0) is 6.54 Å². The molecule has 0 spiro atoms. The molecule has 0 aliphatic heterocycles. The Morgan fingerprint density at radius 3 is 2.35 bits per heavy atom. The Hall–Kier alpha value is -1.93. The van der Waals surface area contributed by atoms with Crippen LogP contribution in [0.3, 0.4) is 0 Å². The van der Waals surface area contributed by atoms with Gasteiger partial charge in [0.25, 0.3) is 0 Å². The van der Waals surface area contributed by atoms with Crippen molar-refractivity contribution in [1.82, 2.24) is 0 Å². The molecule has 2 heteroatoms. The SMILES string of the molecule is CC(=O)c1cccc(-c2ccc(CN)cc2)c1. The van der Waals surface area contributed by atoms with E-state index in [1.807, 2.05) is 48.5 Å². The van der Waals surface area contributed by atoms with E-state index in [-0.39, 0.29) is 5.78 Å². The summed E-state index contributed by atoms with van der Waals surface area (Å²) in [6.45, 7) is 2.13. The van der Waals surface area contributed by atoms with Crippen molar-refractivity contribution in [2.24, 2.45) is 5.73 Å². The summed E-state index contributed by atoms with van der Waals surface area (Å²) in [4.78, 5) is 11.3. The molecule has 0 bridgehead atoms. The van der Waals surface area contributed by atoms with Crippen molar-refractivity contribution < 1.29 is 4.79 Å². The predicted molar refractivity (Wildman–Crippen MR) is 69.8 cm³/mol. The van der Waals surface area contributed by atoms with Gasteiger partial charge in [-0.15, -0.1) is 0 Å². The van der Waals surface area contributed by atoms with E-state index in [0.29, 0.717) is 6.54 Å². The first-order chi connectivity index (χ1) is 8.20. The van der Waals surface area contributed by atoms with Gasteiger partial charge in [-0.05, 0) is 29.7 Å². The molecule has 0 aliphatic carbocycles. The molecule has 0 fully saturated rings. The van der Waals surface area contributed by atoms with Crippen LogP contribution >= 0.6 is 0 Å². The molecule has 0 radical (unpaired) electrons. The van der Waals surface area contributed by atoms with E-state index in [2.05, 4.69) is 0 Å². The largest absolute Gasteiger partial charge is 0.326 e. The lowest BCUT2D eigenvalue weighted by Crippen LogP contribution is -1.95. The van der Waals surface area contributed by atoms with Crippen LogP contribution in [0.25, 0.3) is 11.1 Å². The number of carbonyl (C=O) groups excluding carboxylic acids is 1. The van der Waals surface area contributed by atoms with Crippen molar-refractivity contribution in [1.29, 1.82) is 0 Å². The average Bonchev–Trinajstić information content (AvgIpc) is 2.39. The molecular formula is C15H15NO. The zero-order valence-electron chi connectivity index (χ0n) is 9.81. The third-order valence-electron chi connectivity index (χ3n) is 2.79. The Bertz CT molecular complexity index is 529. The first-order valence-corrected chi connectivity index (χ1v) is 5.61. The molecule has 0 saturated carbocycles. The lowest BCUT2D eigenvalue weighted by atomic mass is 10.0. The molecular weight excluding hydrogens is 210 g/mol. The molecule has 2 rings (SSSR count). The highest BCUT2D eigenvalue weighted by molar-refractivity contribution is 5.95. The van der Waals surface area contributed by atoms with Gasteiger partial charge in [-0.2, -0.15) is 0 Å². The molecule has 17 heavy (non-hydrogen) atoms. The van der Waals surface area contributed by atoms with E-state index < -0.39 is 0 Å². The standard InChI is InChI=1S/C15H15NO/c1-11(17)14-3-2-4-15(9-14)13-7-5-12(10-16)6-8-13/h2-9H,10,16H2,1H3. The predicted octanol–water partition coefficient (Wildman–Crippen LogP) is 3.01. The Kier molecular flexibility index (Phi) is 3.35. The zero-order valence-corrected chi connectivity index (χ0v) is 9.81. The highest BCUT2D eigenvalue weighted by Crippen LogP contribution is 2.21. The number of carbonyl (C=O) groups is 1. The molecule has 0 aliphatic rings. The Balaban J connectivity index is 2.38. The summed E-state index contributed by atoms with van der Waals surface area (Å²) in [6, 6.07) is 15.7. The second-order valence-electron chi connectivity index (χ2n) is 4.04. The summed E-state index contributed by atoms with van der Waals surface area (Å²) < 4.78 is 0. The molecule has 0 aromatic heterocycles. The Morgan fingerprint density at radius 1 is 1.06 bits per heavy atom. The number of hydrogen-bond acceptors (Lipinski definition) is 2. The number of benzene rings is 2. The van der Waals surface area contributed by atoms with Gasteiger partial charge in [0, 0.05) is 12.1 Å². The molecule has 2 N–H and O–H groups in total. The molecule has 2 nitrogen and oxygen atoms in total. The molecule has 0 atom stereocenters. The monoisotopic (exact) mass is 225 g/mol. The lowest BCUT2D eigenvalue weighted by Gasteiger charge is -2.04. The van der Waals surface area contributed by atoms with Gasteiger partial charge in [0.15, 0.2) is 5.78 Å². The number of Topliss-reactive ketones (excluding diaryl/α,β-unsaturated/α-hetero) is 1. The quantitative estimate of drug-likeness (QED) is 0.816. The summed E-state index contributed by atoms with van der Waals surface area (Å²) in [6.07, 6.45) is 0. The van der Waals surface area contributed by atoms with Crippen molar-refractivity contribution in [2.45, 2.75) is 13.5 Å². The van der Waals surface area contributed by atoms with Gasteiger partial charge in [0.05, 0.1) is 0 Å². The molecule has 0 saturated heterocycles. The number of nitrogens with two attached hydrogens (primary N) is 1. The van der Waals surface area contributed by atoms with Gasteiger partial charge in [-0.3, -0.25) is 4.79 Å². The van der Waals surface area contributed by atoms with Crippen LogP contribution in [0.15, 0.2) is 48.5 Å². The zero-order chi connectivity index (χ0) is 12.3. The molecule has 0 unspecified atom stereocenters. The summed E-state index contributed by atoms with van der Waals surface area (Å²) in [5.74, 6) is 0.0884. The van der Waals surface area contributed by atoms with Crippen LogP contribution in [-0.4, -0.2) is 5.78 Å². The van der Waals surface area contributed by atoms with Crippen molar-refractivity contribution in [3.05, 3.63) is 59.7 Å². The highest BCUT2D eigenvalue weighted by atomic mass is 16.1. The van der Waals surface area contributed by atoms with Crippen molar-refractivity contribution in [3.8, 4) is 11.1 Å². The van der Waals surface area contributed by atoms with E-state index in [1.54, 1.807) is 6.92 Å². The number of hydrogen-bond donors (Lipinski definition) is 1. The molecule has 2 aromatic carbocycles. The first-order valence-electron chi connectivity index (χ1n) is 5.61. The molecule has 2 aromatic rings. The summed E-state index contributed by atoms with van der Waals surface area (Å²) in [5.41, 5.74) is 9.57. The second-order valence-corrected chi connectivity index (χ2v) is 4.04. The van der Waals surface area contributed by atoms with Gasteiger partial charge in [-0.25, -0.2) is 0 Å². The summed E-state index contributed by atoms with van der Waals surface area (Å²) >= 11 is 0. The van der Waals surface area contributed by atoms with Crippen molar-refractivity contribution in [2.75, 3.05) is 0 Å². The van der Waals surface area contributed by atoms with Crippen LogP contribution in [0.5, 0.6) is 0 Å². The normalized spacial score (nSPS) is 10.2. The van der Waals surface area contributed by atoms with Crippen LogP contribution in [0, 0.1) is 0 Å². The third-order valence-corrected chi connectivity index (χ3v) is 2.79. The topological polar surface area (TPSA) is 43.1 Å². The minimum atomic E-state index is 0.0884. The van der Waals surface area contributed by atoms with Crippen LogP contribution in [0.2, 0.25) is 0 Å². The first kappa shape index (κ1) is 11.6. The van der Waals surface area contributed by atoms with E-state index in [9.17, 15) is 4.79 Å². The highest BCUT2D eigenvalue weighted by Gasteiger charge is 2.02. The van der Waals surface area contributed by atoms with Gasteiger partial charge in [0.1, 0.15) is 0 Å². The fourth-order valence-electron chi connectivity index (χ4n) is 1.75. The Morgan fingerprint density at radius 2 is 1.76 bits per heavy atom. The van der Waals surface area contributed by atoms with Crippen molar-refractivity contribution in [3.63, 3.8) is 0 Å². The van der Waals surface area contributed by atoms with E-state index >= 15 is 0 Å². The maximum Gasteiger partial charge on any atom is 0.159 e. The minimum absolute atomic E-state index is 0.0884. The maximum absolute atomic E-state index is 11.3. The van der Waals surface area contributed by atoms with Gasteiger partial charge in [0.2, 0.25) is 0 Å². The summed E-state index contributed by atoms with van der Waals surface area (Å²) in [5, 5.41) is 0. The van der Waals surface area contributed by atoms with Gasteiger partial charge in [-0.1, -0.05) is 42.5 Å². The molecule has 0 amide bonds. The maximum atomic E-state index is 11.3. The lowest BCUT2D eigenvalue weighted by molar-refractivity contribution is 0.101. The Labute approximate surface area is 101 Å². The molecule has 0 heterocycles. The van der Waals surface area contributed by atoms with E-state index in [0.717, 1.165) is 22.3 Å². The second kappa shape index (κ2) is 4.93. The third kappa shape index (κ3) is 2.60. The molecule has 86 valence electrons. The van der Waals surface area contributed by atoms with Gasteiger partial charge >= 0.3 is 0 Å². The average molecular weight is 225 g/mol. The number of rotatable bonds is 3. The van der Waals surface area contributed by atoms with Crippen LogP contribution in [0.4, 0.5) is 0 Å². The van der Waals surface area contributed by atoms with E-state index in [4.69, 9.17) is 5.73 Å². The summed E-state index contributed by atoms with van der Waals surface area (Å²) in [7, 11) is 0.